The second-order valence-electron chi connectivity index (χ2n) is 8.80. The number of piperidine rings is 1. The minimum Gasteiger partial charge on any atom is -0.351 e. The number of rotatable bonds is 6. The van der Waals surface area contributed by atoms with Crippen molar-refractivity contribution in [1.29, 1.82) is 0 Å². The average Bonchev–Trinajstić information content (AvgIpc) is 3.52. The van der Waals surface area contributed by atoms with Gasteiger partial charge in [-0.2, -0.15) is 17.5 Å². The van der Waals surface area contributed by atoms with Crippen LogP contribution in [0.15, 0.2) is 53.8 Å². The van der Waals surface area contributed by atoms with Crippen molar-refractivity contribution in [1.82, 2.24) is 24.6 Å². The van der Waals surface area contributed by atoms with Gasteiger partial charge in [0.05, 0.1) is 16.8 Å². The molecule has 0 spiro atoms. The van der Waals surface area contributed by atoms with Gasteiger partial charge in [0, 0.05) is 36.6 Å². The number of nitrogens with one attached hydrogen (secondary N) is 1. The van der Waals surface area contributed by atoms with Gasteiger partial charge in [0.15, 0.2) is 0 Å². The third kappa shape index (κ3) is 4.90. The minimum atomic E-state index is -4.72. The van der Waals surface area contributed by atoms with E-state index in [1.807, 2.05) is 0 Å². The summed E-state index contributed by atoms with van der Waals surface area (Å²) in [5, 5.41) is 2.56. The number of carbonyl (C=O) groups is 1. The van der Waals surface area contributed by atoms with Crippen molar-refractivity contribution in [2.75, 3.05) is 6.54 Å². The van der Waals surface area contributed by atoms with Crippen LogP contribution < -0.4 is 5.32 Å². The van der Waals surface area contributed by atoms with Crippen LogP contribution in [0, 0.1) is 23.5 Å². The van der Waals surface area contributed by atoms with E-state index in [1.54, 1.807) is 0 Å². The van der Waals surface area contributed by atoms with Crippen molar-refractivity contribution in [3.8, 4) is 11.3 Å². The number of amides is 1. The van der Waals surface area contributed by atoms with Gasteiger partial charge in [-0.25, -0.2) is 27.2 Å². The first-order valence-electron chi connectivity index (χ1n) is 11.0. The summed E-state index contributed by atoms with van der Waals surface area (Å²) in [7, 11) is -4.07. The number of sulfonamides is 1. The monoisotopic (exact) mass is 539 g/mol. The van der Waals surface area contributed by atoms with Crippen molar-refractivity contribution >= 4 is 15.9 Å². The molecule has 2 aromatic heterocycles. The Morgan fingerprint density at radius 2 is 1.73 bits per heavy atom. The Labute approximate surface area is 207 Å². The lowest BCUT2D eigenvalue weighted by molar-refractivity contribution is -0.145. The Kier molecular flexibility index (Phi) is 6.18. The Morgan fingerprint density at radius 3 is 2.38 bits per heavy atom. The molecule has 5 rings (SSSR count). The normalized spacial score (nSPS) is 21.5. The van der Waals surface area contributed by atoms with E-state index in [0.717, 1.165) is 47.2 Å². The molecule has 1 aliphatic carbocycles. The zero-order valence-corrected chi connectivity index (χ0v) is 19.6. The molecule has 1 amide bonds. The van der Waals surface area contributed by atoms with E-state index >= 15 is 0 Å². The van der Waals surface area contributed by atoms with Gasteiger partial charge in [-0.1, -0.05) is 0 Å². The Bertz CT molecular complexity index is 1450. The van der Waals surface area contributed by atoms with E-state index in [0.29, 0.717) is 6.42 Å². The van der Waals surface area contributed by atoms with E-state index in [9.17, 15) is 35.2 Å². The van der Waals surface area contributed by atoms with E-state index in [-0.39, 0.29) is 46.6 Å². The number of aromatic nitrogens is 3. The lowest BCUT2D eigenvalue weighted by Crippen LogP contribution is -2.48. The summed E-state index contributed by atoms with van der Waals surface area (Å²) in [6.45, 7) is -0.176. The van der Waals surface area contributed by atoms with E-state index in [1.165, 1.54) is 6.07 Å². The summed E-state index contributed by atoms with van der Waals surface area (Å²) in [5.41, 5.74) is 0.174. The third-order valence-electron chi connectivity index (χ3n) is 6.39. The molecular weight excluding hydrogens is 521 g/mol. The molecule has 194 valence electrons. The second-order valence-corrected chi connectivity index (χ2v) is 10.7. The maximum Gasteiger partial charge on any atom is 0.451 e. The van der Waals surface area contributed by atoms with Crippen LogP contribution in [0.1, 0.15) is 17.8 Å². The van der Waals surface area contributed by atoms with Crippen LogP contribution in [0.2, 0.25) is 0 Å². The summed E-state index contributed by atoms with van der Waals surface area (Å²) in [6.07, 6.45) is -1.38. The van der Waals surface area contributed by atoms with Crippen LogP contribution in [0.4, 0.5) is 22.0 Å². The van der Waals surface area contributed by atoms with Crippen LogP contribution in [-0.2, 0) is 27.5 Å². The summed E-state index contributed by atoms with van der Waals surface area (Å²) in [5.74, 6) is -3.48. The highest BCUT2D eigenvalue weighted by Gasteiger charge is 2.58. The van der Waals surface area contributed by atoms with E-state index in [2.05, 4.69) is 20.3 Å². The highest BCUT2D eigenvalue weighted by molar-refractivity contribution is 7.89. The van der Waals surface area contributed by atoms with E-state index in [4.69, 9.17) is 0 Å². The fourth-order valence-corrected chi connectivity index (χ4v) is 6.10. The molecule has 8 nitrogen and oxygen atoms in total. The zero-order chi connectivity index (χ0) is 26.5. The van der Waals surface area contributed by atoms with Crippen molar-refractivity contribution < 1.29 is 35.2 Å². The number of carbonyl (C=O) groups excluding carboxylic acids is 1. The number of benzene rings is 1. The minimum absolute atomic E-state index is 0.0171. The molecule has 2 fully saturated rings. The van der Waals surface area contributed by atoms with Gasteiger partial charge in [-0.15, -0.1) is 0 Å². The molecule has 1 aliphatic heterocycles. The number of nitrogens with zero attached hydrogens (tertiary/aromatic N) is 4. The molecule has 1 saturated carbocycles. The standard InChI is InChI=1S/C23H18F5N5O3S/c24-15-1-3-16(4-2-15)37(35,36)33-11-13-5-17(13)20(33)21(34)30-7-12-6-19(29-10-18(12)25)14-8-31-22(32-9-14)23(26,27)28/h1-4,6,8-10,13,17,20H,5,7,11H2,(H,30,34)/t13-,17-,20-/m1/s1. The van der Waals surface area contributed by atoms with Crippen LogP contribution in [-0.4, -0.2) is 46.2 Å². The number of alkyl halides is 3. The highest BCUT2D eigenvalue weighted by atomic mass is 32.2. The van der Waals surface area contributed by atoms with E-state index < -0.39 is 45.6 Å². The Balaban J connectivity index is 1.32. The highest BCUT2D eigenvalue weighted by Crippen LogP contribution is 2.51. The number of hydrogen-bond donors (Lipinski definition) is 1. The first-order valence-corrected chi connectivity index (χ1v) is 12.5. The van der Waals surface area contributed by atoms with Crippen LogP contribution >= 0.6 is 0 Å². The van der Waals surface area contributed by atoms with Crippen molar-refractivity contribution in [2.24, 2.45) is 11.8 Å². The predicted molar refractivity (Wildman–Crippen MR) is 118 cm³/mol. The average molecular weight is 539 g/mol. The second kappa shape index (κ2) is 9.10. The van der Waals surface area contributed by atoms with Crippen molar-refractivity contribution in [3.05, 3.63) is 71.9 Å². The molecule has 1 saturated heterocycles. The number of halogens is 5. The first-order chi connectivity index (χ1) is 17.4. The molecule has 1 aromatic carbocycles. The summed E-state index contributed by atoms with van der Waals surface area (Å²) in [6, 6.07) is 4.52. The maximum atomic E-state index is 14.4. The van der Waals surface area contributed by atoms with Crippen molar-refractivity contribution in [2.45, 2.75) is 30.1 Å². The molecule has 37 heavy (non-hydrogen) atoms. The fourth-order valence-electron chi connectivity index (χ4n) is 4.41. The topological polar surface area (TPSA) is 105 Å². The summed E-state index contributed by atoms with van der Waals surface area (Å²) >= 11 is 0. The summed E-state index contributed by atoms with van der Waals surface area (Å²) < 4.78 is 93.1. The van der Waals surface area contributed by atoms with Gasteiger partial charge >= 0.3 is 6.18 Å². The molecule has 3 atom stereocenters. The van der Waals surface area contributed by atoms with Crippen LogP contribution in [0.5, 0.6) is 0 Å². The SMILES string of the molecule is O=C(NCc1cc(-c2cnc(C(F)(F)F)nc2)ncc1F)[C@H]1[C@@H]2C[C@@H]2CN1S(=O)(=O)c1ccc(F)cc1. The molecule has 3 heterocycles. The van der Waals surface area contributed by atoms with Crippen molar-refractivity contribution in [3.63, 3.8) is 0 Å². The predicted octanol–water partition coefficient (Wildman–Crippen LogP) is 3.16. The van der Waals surface area contributed by atoms with Crippen LogP contribution in [0.25, 0.3) is 11.3 Å². The molecule has 3 aromatic rings. The molecule has 0 unspecified atom stereocenters. The summed E-state index contributed by atoms with van der Waals surface area (Å²) in [4.78, 5) is 23.3. The Morgan fingerprint density at radius 1 is 1.05 bits per heavy atom. The molecule has 0 bridgehead atoms. The molecule has 2 aliphatic rings. The maximum absolute atomic E-state index is 14.4. The van der Waals surface area contributed by atoms with Gasteiger partial charge in [-0.3, -0.25) is 9.78 Å². The van der Waals surface area contributed by atoms with Gasteiger partial charge < -0.3 is 5.32 Å². The number of fused-ring (bicyclic) bond motifs is 1. The lowest BCUT2D eigenvalue weighted by atomic mass is 10.1. The first kappa shape index (κ1) is 25.1. The molecule has 0 radical (unpaired) electrons. The smallest absolute Gasteiger partial charge is 0.351 e. The lowest BCUT2D eigenvalue weighted by Gasteiger charge is -2.26. The van der Waals surface area contributed by atoms with Gasteiger partial charge in [-0.05, 0) is 48.6 Å². The molecule has 1 N–H and O–H groups in total. The largest absolute Gasteiger partial charge is 0.451 e. The number of hydrogen-bond acceptors (Lipinski definition) is 6. The van der Waals surface area contributed by atoms with Gasteiger partial charge in [0.25, 0.3) is 0 Å². The third-order valence-corrected chi connectivity index (χ3v) is 8.25. The van der Waals surface area contributed by atoms with Crippen LogP contribution in [0.3, 0.4) is 0 Å². The Hall–Kier alpha value is -3.52. The molecule has 14 heteroatoms. The molecular formula is C23H18F5N5O3S. The van der Waals surface area contributed by atoms with Gasteiger partial charge in [0.1, 0.15) is 17.7 Å². The number of pyridine rings is 1. The zero-order valence-electron chi connectivity index (χ0n) is 18.8. The fraction of sp³-hybridized carbons (Fsp3) is 0.304. The van der Waals surface area contributed by atoms with Gasteiger partial charge in [0.2, 0.25) is 21.8 Å². The quantitative estimate of drug-likeness (QED) is 0.483.